The molecule has 0 unspecified atom stereocenters. The highest BCUT2D eigenvalue weighted by molar-refractivity contribution is 6.31. The van der Waals surface area contributed by atoms with Gasteiger partial charge in [0.2, 0.25) is 5.91 Å². The van der Waals surface area contributed by atoms with Gasteiger partial charge in [0.15, 0.2) is 0 Å². The van der Waals surface area contributed by atoms with Gasteiger partial charge in [-0.25, -0.2) is 4.98 Å². The van der Waals surface area contributed by atoms with E-state index in [1.54, 1.807) is 30.3 Å². The Kier molecular flexibility index (Phi) is 6.49. The molecule has 1 amide bonds. The van der Waals surface area contributed by atoms with E-state index >= 15 is 0 Å². The smallest absolute Gasteiger partial charge is 0.254 e. The van der Waals surface area contributed by atoms with Crippen LogP contribution in [0.2, 0.25) is 10.0 Å². The van der Waals surface area contributed by atoms with E-state index in [2.05, 4.69) is 10.3 Å². The van der Waals surface area contributed by atoms with Crippen LogP contribution in [0.4, 0.5) is 0 Å². The Morgan fingerprint density at radius 2 is 1.82 bits per heavy atom. The SMILES string of the molecule is CCc1cc(=O)n(CC(=O)NCc2ccc(Cl)cc2)c(-c2cccc(Cl)c2)n1. The van der Waals surface area contributed by atoms with E-state index in [1.807, 2.05) is 25.1 Å². The van der Waals surface area contributed by atoms with Gasteiger partial charge in [-0.3, -0.25) is 14.2 Å². The summed E-state index contributed by atoms with van der Waals surface area (Å²) in [6.45, 7) is 2.13. The van der Waals surface area contributed by atoms with E-state index in [1.165, 1.54) is 10.6 Å². The number of carbonyl (C=O) groups is 1. The van der Waals surface area contributed by atoms with Gasteiger partial charge < -0.3 is 5.32 Å². The Labute approximate surface area is 172 Å². The fraction of sp³-hybridized carbons (Fsp3) is 0.190. The molecule has 2 aromatic carbocycles. The number of nitrogens with one attached hydrogen (secondary N) is 1. The minimum Gasteiger partial charge on any atom is -0.350 e. The van der Waals surface area contributed by atoms with Gasteiger partial charge in [-0.05, 0) is 36.2 Å². The van der Waals surface area contributed by atoms with Crippen molar-refractivity contribution in [3.63, 3.8) is 0 Å². The molecule has 0 fully saturated rings. The van der Waals surface area contributed by atoms with Crippen LogP contribution < -0.4 is 10.9 Å². The van der Waals surface area contributed by atoms with E-state index in [4.69, 9.17) is 23.2 Å². The summed E-state index contributed by atoms with van der Waals surface area (Å²) < 4.78 is 1.36. The molecule has 28 heavy (non-hydrogen) atoms. The van der Waals surface area contributed by atoms with Crippen molar-refractivity contribution >= 4 is 29.1 Å². The summed E-state index contributed by atoms with van der Waals surface area (Å²) in [5, 5.41) is 3.99. The number of aromatic nitrogens is 2. The van der Waals surface area contributed by atoms with Crippen molar-refractivity contribution in [3.8, 4) is 11.4 Å². The van der Waals surface area contributed by atoms with Crippen LogP contribution in [-0.2, 0) is 24.3 Å². The largest absolute Gasteiger partial charge is 0.350 e. The van der Waals surface area contributed by atoms with Crippen molar-refractivity contribution in [2.75, 3.05) is 0 Å². The maximum atomic E-state index is 12.6. The molecule has 0 spiro atoms. The van der Waals surface area contributed by atoms with E-state index in [9.17, 15) is 9.59 Å². The number of hydrogen-bond donors (Lipinski definition) is 1. The zero-order valence-corrected chi connectivity index (χ0v) is 16.8. The second kappa shape index (κ2) is 9.04. The van der Waals surface area contributed by atoms with Gasteiger partial charge in [0.1, 0.15) is 12.4 Å². The monoisotopic (exact) mass is 415 g/mol. The number of halogens is 2. The number of aryl methyl sites for hydroxylation is 1. The van der Waals surface area contributed by atoms with E-state index in [0.29, 0.717) is 40.1 Å². The second-order valence-electron chi connectivity index (χ2n) is 6.26. The van der Waals surface area contributed by atoms with Gasteiger partial charge in [-0.15, -0.1) is 0 Å². The number of benzene rings is 2. The fourth-order valence-electron chi connectivity index (χ4n) is 2.74. The molecular formula is C21H19Cl2N3O2. The highest BCUT2D eigenvalue weighted by Crippen LogP contribution is 2.20. The third-order valence-electron chi connectivity index (χ3n) is 4.21. The van der Waals surface area contributed by atoms with Crippen molar-refractivity contribution in [3.05, 3.63) is 86.3 Å². The Balaban J connectivity index is 1.85. The molecule has 144 valence electrons. The van der Waals surface area contributed by atoms with Crippen LogP contribution in [0.1, 0.15) is 18.2 Å². The van der Waals surface area contributed by atoms with Crippen molar-refractivity contribution < 1.29 is 4.79 Å². The first-order valence-corrected chi connectivity index (χ1v) is 9.59. The number of nitrogens with zero attached hydrogens (tertiary/aromatic N) is 2. The molecule has 0 atom stereocenters. The van der Waals surface area contributed by atoms with E-state index < -0.39 is 0 Å². The van der Waals surface area contributed by atoms with Gasteiger partial charge >= 0.3 is 0 Å². The van der Waals surface area contributed by atoms with Gasteiger partial charge in [-0.2, -0.15) is 0 Å². The third-order valence-corrected chi connectivity index (χ3v) is 4.70. The standard InChI is InChI=1S/C21H19Cl2N3O2/c1-2-18-11-20(28)26(21(25-18)15-4-3-5-17(23)10-15)13-19(27)24-12-14-6-8-16(22)9-7-14/h3-11H,2,12-13H2,1H3,(H,24,27). The molecule has 5 nitrogen and oxygen atoms in total. The predicted octanol–water partition coefficient (Wildman–Crippen LogP) is 4.10. The maximum Gasteiger partial charge on any atom is 0.254 e. The van der Waals surface area contributed by atoms with Gasteiger partial charge in [0.25, 0.3) is 5.56 Å². The Bertz CT molecular complexity index is 1050. The van der Waals surface area contributed by atoms with Crippen molar-refractivity contribution in [2.45, 2.75) is 26.4 Å². The first-order valence-electron chi connectivity index (χ1n) is 8.84. The van der Waals surface area contributed by atoms with Crippen LogP contribution in [0.3, 0.4) is 0 Å². The Morgan fingerprint density at radius 1 is 1.07 bits per heavy atom. The number of hydrogen-bond acceptors (Lipinski definition) is 3. The molecule has 0 saturated carbocycles. The minimum absolute atomic E-state index is 0.134. The highest BCUT2D eigenvalue weighted by Gasteiger charge is 2.14. The number of amides is 1. The molecule has 0 saturated heterocycles. The Morgan fingerprint density at radius 3 is 2.50 bits per heavy atom. The lowest BCUT2D eigenvalue weighted by Gasteiger charge is -2.14. The zero-order valence-electron chi connectivity index (χ0n) is 15.3. The minimum atomic E-state index is -0.286. The molecule has 1 heterocycles. The molecule has 0 aliphatic heterocycles. The molecule has 3 rings (SSSR count). The van der Waals surface area contributed by atoms with Crippen LogP contribution in [0.5, 0.6) is 0 Å². The summed E-state index contributed by atoms with van der Waals surface area (Å²) in [4.78, 5) is 29.6. The highest BCUT2D eigenvalue weighted by atomic mass is 35.5. The molecule has 7 heteroatoms. The predicted molar refractivity (Wildman–Crippen MR) is 112 cm³/mol. The average Bonchev–Trinajstić information content (AvgIpc) is 2.69. The van der Waals surface area contributed by atoms with Crippen LogP contribution in [-0.4, -0.2) is 15.5 Å². The first kappa shape index (κ1) is 20.1. The normalized spacial score (nSPS) is 10.7. The Hall–Kier alpha value is -2.63. The number of carbonyl (C=O) groups excluding carboxylic acids is 1. The van der Waals surface area contributed by atoms with Crippen molar-refractivity contribution in [1.82, 2.24) is 14.9 Å². The molecular weight excluding hydrogens is 397 g/mol. The quantitative estimate of drug-likeness (QED) is 0.658. The summed E-state index contributed by atoms with van der Waals surface area (Å²) in [6, 6.07) is 15.7. The van der Waals surface area contributed by atoms with Gasteiger partial charge in [-0.1, -0.05) is 54.4 Å². The van der Waals surface area contributed by atoms with Crippen LogP contribution in [0.25, 0.3) is 11.4 Å². The molecule has 0 aliphatic rings. The van der Waals surface area contributed by atoms with Crippen LogP contribution in [0, 0.1) is 0 Å². The molecule has 0 bridgehead atoms. The molecule has 0 aliphatic carbocycles. The lowest BCUT2D eigenvalue weighted by atomic mass is 10.2. The molecule has 3 aromatic rings. The van der Waals surface area contributed by atoms with Crippen molar-refractivity contribution in [2.24, 2.45) is 0 Å². The van der Waals surface area contributed by atoms with Crippen molar-refractivity contribution in [1.29, 1.82) is 0 Å². The summed E-state index contributed by atoms with van der Waals surface area (Å²) in [7, 11) is 0. The van der Waals surface area contributed by atoms with Gasteiger partial charge in [0.05, 0.1) is 0 Å². The van der Waals surface area contributed by atoms with Crippen LogP contribution in [0.15, 0.2) is 59.4 Å². The average molecular weight is 416 g/mol. The lowest BCUT2D eigenvalue weighted by molar-refractivity contribution is -0.121. The topological polar surface area (TPSA) is 64.0 Å². The summed E-state index contributed by atoms with van der Waals surface area (Å²) in [6.07, 6.45) is 0.617. The second-order valence-corrected chi connectivity index (χ2v) is 7.14. The zero-order chi connectivity index (χ0) is 20.1. The summed E-state index contributed by atoms with van der Waals surface area (Å²) in [5.74, 6) is 0.139. The van der Waals surface area contributed by atoms with E-state index in [-0.39, 0.29) is 18.0 Å². The van der Waals surface area contributed by atoms with E-state index in [0.717, 1.165) is 5.56 Å². The number of rotatable bonds is 6. The third kappa shape index (κ3) is 5.00. The lowest BCUT2D eigenvalue weighted by Crippen LogP contribution is -2.33. The maximum absolute atomic E-state index is 12.6. The fourth-order valence-corrected chi connectivity index (χ4v) is 3.05. The molecule has 0 radical (unpaired) electrons. The summed E-state index contributed by atoms with van der Waals surface area (Å²) in [5.41, 5.74) is 1.99. The molecule has 1 N–H and O–H groups in total. The first-order chi connectivity index (χ1) is 13.5. The van der Waals surface area contributed by atoms with Crippen LogP contribution >= 0.6 is 23.2 Å². The molecule has 1 aromatic heterocycles. The van der Waals surface area contributed by atoms with Gasteiger partial charge in [0, 0.05) is 33.9 Å². The summed E-state index contributed by atoms with van der Waals surface area (Å²) >= 11 is 12.0.